The third-order valence-electron chi connectivity index (χ3n) is 17.8. The third-order valence-corrected chi connectivity index (χ3v) is 17.8. The van der Waals surface area contributed by atoms with Gasteiger partial charge in [0.15, 0.2) is 25.2 Å². The van der Waals surface area contributed by atoms with E-state index in [1.165, 1.54) is 14.0 Å². The number of hydrogen-bond donors (Lipinski definition) is 7. The smallest absolute Gasteiger partial charge is 0.187 e. The molecule has 7 fully saturated rings. The Balaban J connectivity index is 0.845. The maximum atomic E-state index is 12.7. The van der Waals surface area contributed by atoms with E-state index in [0.29, 0.717) is 44.9 Å². The number of carbonyl (C=O) groups excluding carboxylic acids is 1. The summed E-state index contributed by atoms with van der Waals surface area (Å²) in [4.78, 5) is 12.7. The van der Waals surface area contributed by atoms with Crippen molar-refractivity contribution < 1.29 is 92.6 Å². The van der Waals surface area contributed by atoms with Gasteiger partial charge in [0.2, 0.25) is 0 Å². The lowest BCUT2D eigenvalue weighted by Gasteiger charge is -2.66. The summed E-state index contributed by atoms with van der Waals surface area (Å²) in [6.45, 7) is 10.4. The molecular formula is C48H78O19. The van der Waals surface area contributed by atoms with Crippen molar-refractivity contribution in [1.82, 2.24) is 0 Å². The maximum absolute atomic E-state index is 12.7. The van der Waals surface area contributed by atoms with Crippen molar-refractivity contribution in [3.05, 3.63) is 11.6 Å². The Morgan fingerprint density at radius 1 is 0.701 bits per heavy atom. The van der Waals surface area contributed by atoms with E-state index >= 15 is 0 Å². The number of aliphatic hydroxyl groups is 7. The highest BCUT2D eigenvalue weighted by molar-refractivity contribution is 5.80. The Morgan fingerprint density at radius 2 is 1.22 bits per heavy atom. The van der Waals surface area contributed by atoms with Gasteiger partial charge in [0.1, 0.15) is 59.7 Å². The van der Waals surface area contributed by atoms with E-state index in [1.807, 2.05) is 13.8 Å². The number of ether oxygens (including phenoxy) is 11. The number of ketones is 1. The normalized spacial score (nSPS) is 53.6. The van der Waals surface area contributed by atoms with Crippen LogP contribution < -0.4 is 0 Å². The summed E-state index contributed by atoms with van der Waals surface area (Å²) in [6.07, 6.45) is -8.72. The molecule has 0 aromatic rings. The largest absolute Gasteiger partial charge is 0.394 e. The van der Waals surface area contributed by atoms with Crippen molar-refractivity contribution in [2.45, 2.75) is 234 Å². The summed E-state index contributed by atoms with van der Waals surface area (Å²) in [6, 6.07) is 0. The first-order valence-corrected chi connectivity index (χ1v) is 24.5. The molecule has 19 heteroatoms. The highest BCUT2D eigenvalue weighted by Crippen LogP contribution is 2.69. The van der Waals surface area contributed by atoms with Crippen molar-refractivity contribution >= 4 is 5.78 Å². The van der Waals surface area contributed by atoms with Crippen LogP contribution in [0.25, 0.3) is 0 Å². The lowest BCUT2D eigenvalue weighted by molar-refractivity contribution is -0.357. The number of rotatable bonds is 13. The molecule has 0 aromatic carbocycles. The van der Waals surface area contributed by atoms with Gasteiger partial charge in [-0.1, -0.05) is 25.5 Å². The maximum Gasteiger partial charge on any atom is 0.187 e. The minimum Gasteiger partial charge on any atom is -0.394 e. The molecule has 67 heavy (non-hydrogen) atoms. The van der Waals surface area contributed by atoms with Crippen molar-refractivity contribution in [3.8, 4) is 0 Å². The second-order valence-corrected chi connectivity index (χ2v) is 21.3. The van der Waals surface area contributed by atoms with Gasteiger partial charge in [0.25, 0.3) is 0 Å². The van der Waals surface area contributed by atoms with Crippen LogP contribution >= 0.6 is 0 Å². The SMILES string of the molecule is CO[C@H]1C[C@H](O[C@H]2CC[C@@]3(C)C(=CC[C@]4(O)[C@@H]3C[C@@H](O)[C@]3(C)[C@@H](C(C)=O)CC[C@@]34O)C2)O[C@H](C)[C@H]1O[C@H]1C[C@H](OC)[C@H](O[C@H]2C[C@@H](OC)[C@@H](O[C@@H]3O[C@H](CO)[C@@H](O)[C@H](O)[C@H]3O)[C@@H](C)O2)[C@@H](C)O1. The Hall–Kier alpha value is -1.31. The molecule has 25 atom stereocenters. The fraction of sp³-hybridized carbons (Fsp3) is 0.938. The van der Waals surface area contributed by atoms with Gasteiger partial charge in [-0.25, -0.2) is 0 Å². The molecule has 4 aliphatic carbocycles. The molecule has 0 bridgehead atoms. The molecule has 4 aliphatic heterocycles. The first kappa shape index (κ1) is 52.0. The van der Waals surface area contributed by atoms with E-state index in [-0.39, 0.29) is 43.2 Å². The van der Waals surface area contributed by atoms with Crippen LogP contribution in [0.5, 0.6) is 0 Å². The highest BCUT2D eigenvalue weighted by Gasteiger charge is 2.76. The number of fused-ring (bicyclic) bond motifs is 5. The minimum absolute atomic E-state index is 0.0627. The molecule has 0 unspecified atom stereocenters. The fourth-order valence-corrected chi connectivity index (χ4v) is 13.8. The lowest BCUT2D eigenvalue weighted by atomic mass is 9.43. The standard InChI is InChI=1S/C48H78O19/c1-22(50)28-12-15-48(56)46(28,6)34(51)20-33-45(5)13-11-27(16-26(45)10-14-47(33,48)55)63-35-17-29(57-7)41(23(2)60-35)65-36-18-30(58-8)42(24(3)61-36)66-37-19-31(59-9)43(25(4)62-37)67-44-40(54)39(53)38(52)32(21-49)64-44/h10,23-25,27-44,49,51-56H,11-21H2,1-9H3/t23-,24-,25-,27+,28-,29+,30+,31-,32-,33-,34-,35+,36+,37+,38-,39+,40-,41-,42-,43+,44+,45+,46+,47+,48-/m1/s1. The molecule has 384 valence electrons. The Kier molecular flexibility index (Phi) is 15.5. The predicted molar refractivity (Wildman–Crippen MR) is 233 cm³/mol. The average molecular weight is 959 g/mol. The number of hydrogen-bond acceptors (Lipinski definition) is 19. The molecule has 0 spiro atoms. The topological polar surface area (TPSA) is 260 Å². The van der Waals surface area contributed by atoms with E-state index in [0.717, 1.165) is 5.57 Å². The van der Waals surface area contributed by atoms with Gasteiger partial charge in [-0.2, -0.15) is 0 Å². The fourth-order valence-electron chi connectivity index (χ4n) is 13.8. The molecule has 8 aliphatic rings. The molecule has 0 amide bonds. The second kappa shape index (κ2) is 19.9. The van der Waals surface area contributed by atoms with Gasteiger partial charge in [0, 0.05) is 57.8 Å². The number of Topliss-reactive ketones (excluding diaryl/α,β-unsaturated/α-hetero) is 1. The van der Waals surface area contributed by atoms with E-state index in [2.05, 4.69) is 13.0 Å². The third kappa shape index (κ3) is 8.93. The molecule has 0 aromatic heterocycles. The summed E-state index contributed by atoms with van der Waals surface area (Å²) < 4.78 is 68.3. The van der Waals surface area contributed by atoms with Crippen LogP contribution in [0.2, 0.25) is 0 Å². The first-order chi connectivity index (χ1) is 31.7. The zero-order valence-corrected chi connectivity index (χ0v) is 40.5. The summed E-state index contributed by atoms with van der Waals surface area (Å²) in [5, 5.41) is 77.3. The van der Waals surface area contributed by atoms with E-state index < -0.39 is 139 Å². The number of methoxy groups -OCH3 is 3. The van der Waals surface area contributed by atoms with E-state index in [9.17, 15) is 40.5 Å². The first-order valence-electron chi connectivity index (χ1n) is 24.5. The van der Waals surface area contributed by atoms with Gasteiger partial charge in [0.05, 0.1) is 55.4 Å². The Labute approximate surface area is 393 Å². The summed E-state index contributed by atoms with van der Waals surface area (Å²) >= 11 is 0. The zero-order chi connectivity index (χ0) is 48.5. The molecule has 4 saturated heterocycles. The van der Waals surface area contributed by atoms with Gasteiger partial charge in [-0.15, -0.1) is 0 Å². The summed E-state index contributed by atoms with van der Waals surface area (Å²) in [5.41, 5.74) is -3.52. The number of carbonyl (C=O) groups is 1. The van der Waals surface area contributed by atoms with Crippen LogP contribution in [0.15, 0.2) is 11.6 Å². The summed E-state index contributed by atoms with van der Waals surface area (Å²) in [7, 11) is 4.76. The Bertz CT molecular complexity index is 1750. The van der Waals surface area contributed by atoms with Crippen molar-refractivity contribution in [2.75, 3.05) is 27.9 Å². The van der Waals surface area contributed by atoms with Crippen LogP contribution in [-0.4, -0.2) is 197 Å². The zero-order valence-electron chi connectivity index (χ0n) is 40.5. The number of aliphatic hydroxyl groups excluding tert-OH is 5. The van der Waals surface area contributed by atoms with Gasteiger partial charge >= 0.3 is 0 Å². The van der Waals surface area contributed by atoms with Crippen LogP contribution in [0, 0.1) is 22.7 Å². The molecule has 19 nitrogen and oxygen atoms in total. The van der Waals surface area contributed by atoms with Crippen LogP contribution in [0.4, 0.5) is 0 Å². The molecule has 3 saturated carbocycles. The monoisotopic (exact) mass is 959 g/mol. The Morgan fingerprint density at radius 3 is 1.73 bits per heavy atom. The van der Waals surface area contributed by atoms with E-state index in [4.69, 9.17) is 52.1 Å². The van der Waals surface area contributed by atoms with Gasteiger partial charge in [-0.3, -0.25) is 4.79 Å². The average Bonchev–Trinajstić information content (AvgIpc) is 3.59. The molecular weight excluding hydrogens is 881 g/mol. The van der Waals surface area contributed by atoms with Crippen molar-refractivity contribution in [2.24, 2.45) is 22.7 Å². The van der Waals surface area contributed by atoms with Gasteiger partial charge < -0.3 is 87.9 Å². The van der Waals surface area contributed by atoms with Gasteiger partial charge in [-0.05, 0) is 78.1 Å². The molecule has 0 radical (unpaired) electrons. The molecule has 7 N–H and O–H groups in total. The predicted octanol–water partition coefficient (Wildman–Crippen LogP) is 1.15. The molecule has 4 heterocycles. The lowest BCUT2D eigenvalue weighted by Crippen LogP contribution is -2.75. The van der Waals surface area contributed by atoms with Crippen molar-refractivity contribution in [1.29, 1.82) is 0 Å². The molecule has 8 rings (SSSR count). The van der Waals surface area contributed by atoms with Crippen LogP contribution in [0.1, 0.15) is 106 Å². The second-order valence-electron chi connectivity index (χ2n) is 21.3. The van der Waals surface area contributed by atoms with Crippen molar-refractivity contribution in [3.63, 3.8) is 0 Å². The quantitative estimate of drug-likeness (QED) is 0.128. The van der Waals surface area contributed by atoms with Crippen LogP contribution in [0.3, 0.4) is 0 Å². The van der Waals surface area contributed by atoms with E-state index in [1.54, 1.807) is 28.1 Å². The highest BCUT2D eigenvalue weighted by atomic mass is 16.8. The minimum atomic E-state index is -1.60. The summed E-state index contributed by atoms with van der Waals surface area (Å²) in [5.74, 6) is -0.962. The van der Waals surface area contributed by atoms with Crippen LogP contribution in [-0.2, 0) is 56.9 Å².